The van der Waals surface area contributed by atoms with E-state index < -0.39 is 23.8 Å². The van der Waals surface area contributed by atoms with Crippen molar-refractivity contribution >= 4 is 36.4 Å². The van der Waals surface area contributed by atoms with Crippen LogP contribution in [0.2, 0.25) is 10.0 Å². The summed E-state index contributed by atoms with van der Waals surface area (Å²) in [5.74, 6) is 0. The molecule has 26 heavy (non-hydrogen) atoms. The molecular weight excluding hydrogens is 403 g/mol. The van der Waals surface area contributed by atoms with Gasteiger partial charge in [-0.05, 0) is 55.6 Å². The van der Waals surface area contributed by atoms with E-state index in [9.17, 15) is 13.2 Å². The van der Waals surface area contributed by atoms with E-state index in [0.717, 1.165) is 15.8 Å². The van der Waals surface area contributed by atoms with Gasteiger partial charge in [0.25, 0.3) is 0 Å². The van der Waals surface area contributed by atoms with Crippen LogP contribution >= 0.6 is 30.1 Å². The first-order valence-corrected chi connectivity index (χ1v) is 11.7. The van der Waals surface area contributed by atoms with Gasteiger partial charge in [0.15, 0.2) is 5.69 Å². The van der Waals surface area contributed by atoms with Crippen molar-refractivity contribution in [3.8, 4) is 11.3 Å². The summed E-state index contributed by atoms with van der Waals surface area (Å²) in [6.45, 7) is 6.86. The fraction of sp³-hybridized carbons (Fsp3) is 0.444. The second-order valence-electron chi connectivity index (χ2n) is 7.22. The van der Waals surface area contributed by atoms with Gasteiger partial charge in [-0.2, -0.15) is 18.3 Å². The summed E-state index contributed by atoms with van der Waals surface area (Å²) in [6.07, 6.45) is 0.386. The highest BCUT2D eigenvalue weighted by Gasteiger charge is 2.39. The van der Waals surface area contributed by atoms with Crippen LogP contribution in [0.3, 0.4) is 0 Å². The maximum absolute atomic E-state index is 13.2. The van der Waals surface area contributed by atoms with Crippen molar-refractivity contribution in [2.45, 2.75) is 32.1 Å². The lowest BCUT2D eigenvalue weighted by Gasteiger charge is -2.23. The van der Waals surface area contributed by atoms with E-state index in [0.29, 0.717) is 22.7 Å². The SMILES string of the molecule is C=P(C)(C)C(C)Cc1cc(-c2nn(C)c(C(F)(F)F)c2Cl)c(C)cc1Cl. The van der Waals surface area contributed by atoms with Gasteiger partial charge in [0, 0.05) is 17.6 Å². The first kappa shape index (κ1) is 21.4. The van der Waals surface area contributed by atoms with E-state index in [4.69, 9.17) is 23.2 Å². The molecule has 0 spiro atoms. The number of rotatable bonds is 4. The number of hydrogen-bond donors (Lipinski definition) is 0. The van der Waals surface area contributed by atoms with Gasteiger partial charge in [0.2, 0.25) is 0 Å². The molecule has 0 bridgehead atoms. The summed E-state index contributed by atoms with van der Waals surface area (Å²) in [5, 5.41) is 4.22. The number of halogens is 5. The average Bonchev–Trinajstić information content (AvgIpc) is 2.75. The van der Waals surface area contributed by atoms with Gasteiger partial charge in [0.05, 0.1) is 5.02 Å². The Morgan fingerprint density at radius 3 is 2.31 bits per heavy atom. The fourth-order valence-corrected chi connectivity index (χ4v) is 4.03. The normalized spacial score (nSPS) is 13.9. The number of aromatic nitrogens is 2. The Balaban J connectivity index is 2.59. The summed E-state index contributed by atoms with van der Waals surface area (Å²) in [6, 6.07) is 3.56. The van der Waals surface area contributed by atoms with Crippen molar-refractivity contribution in [1.82, 2.24) is 9.78 Å². The smallest absolute Gasteiger partial charge is 0.262 e. The molecule has 1 aromatic heterocycles. The largest absolute Gasteiger partial charge is 0.434 e. The number of hydrogen-bond acceptors (Lipinski definition) is 1. The second-order valence-corrected chi connectivity index (χ2v) is 12.4. The van der Waals surface area contributed by atoms with E-state index in [1.165, 1.54) is 7.05 Å². The highest BCUT2D eigenvalue weighted by Crippen LogP contribution is 2.45. The second kappa shape index (κ2) is 7.26. The van der Waals surface area contributed by atoms with Crippen LogP contribution in [0.4, 0.5) is 13.2 Å². The van der Waals surface area contributed by atoms with Gasteiger partial charge in [-0.1, -0.05) is 30.1 Å². The lowest BCUT2D eigenvalue weighted by Crippen LogP contribution is -2.12. The van der Waals surface area contributed by atoms with Crippen molar-refractivity contribution in [2.75, 3.05) is 13.3 Å². The quantitative estimate of drug-likeness (QED) is 0.522. The van der Waals surface area contributed by atoms with Gasteiger partial charge >= 0.3 is 6.18 Å². The van der Waals surface area contributed by atoms with Gasteiger partial charge in [-0.3, -0.25) is 4.68 Å². The fourth-order valence-electron chi connectivity index (χ4n) is 2.67. The third-order valence-electron chi connectivity index (χ3n) is 4.61. The number of aryl methyl sites for hydroxylation is 2. The molecular formula is C18H22Cl2F3N2P. The van der Waals surface area contributed by atoms with Gasteiger partial charge in [0.1, 0.15) is 5.69 Å². The van der Waals surface area contributed by atoms with Gasteiger partial charge in [-0.25, -0.2) is 0 Å². The van der Waals surface area contributed by atoms with Crippen molar-refractivity contribution in [3.63, 3.8) is 0 Å². The minimum atomic E-state index is -4.57. The van der Waals surface area contributed by atoms with Crippen LogP contribution in [0.25, 0.3) is 11.3 Å². The summed E-state index contributed by atoms with van der Waals surface area (Å²) >= 11 is 12.4. The van der Waals surface area contributed by atoms with Crippen molar-refractivity contribution in [1.29, 1.82) is 0 Å². The molecule has 2 aromatic rings. The first-order valence-electron chi connectivity index (χ1n) is 8.00. The molecule has 0 radical (unpaired) electrons. The predicted molar refractivity (Wildman–Crippen MR) is 107 cm³/mol. The molecule has 0 N–H and O–H groups in total. The van der Waals surface area contributed by atoms with E-state index in [1.54, 1.807) is 19.1 Å². The number of benzene rings is 1. The standard InChI is InChI=1S/C18H22Cl2F3N2P/c1-10-7-14(19)12(8-11(2)26(4,5)6)9-13(10)16-15(20)17(18(21,22)23)25(3)24-16/h7,9,11H,4,8H2,1-3,5-6H3. The van der Waals surface area contributed by atoms with Crippen LogP contribution in [0.5, 0.6) is 0 Å². The van der Waals surface area contributed by atoms with E-state index >= 15 is 0 Å². The van der Waals surface area contributed by atoms with Crippen LogP contribution in [-0.2, 0) is 19.6 Å². The molecule has 0 amide bonds. The first-order chi connectivity index (χ1) is 11.7. The van der Waals surface area contributed by atoms with Crippen LogP contribution in [0.1, 0.15) is 23.7 Å². The lowest BCUT2D eigenvalue weighted by atomic mass is 9.99. The molecule has 8 heteroatoms. The predicted octanol–water partition coefficient (Wildman–Crippen LogP) is 6.36. The topological polar surface area (TPSA) is 17.8 Å². The van der Waals surface area contributed by atoms with E-state index in [-0.39, 0.29) is 5.69 Å². The Morgan fingerprint density at radius 2 is 1.85 bits per heavy atom. The molecule has 2 rings (SSSR count). The number of alkyl halides is 3. The third kappa shape index (κ3) is 4.32. The molecule has 1 aromatic carbocycles. The lowest BCUT2D eigenvalue weighted by molar-refractivity contribution is -0.143. The molecule has 1 atom stereocenters. The highest BCUT2D eigenvalue weighted by atomic mass is 35.5. The number of nitrogens with zero attached hydrogens (tertiary/aromatic N) is 2. The van der Waals surface area contributed by atoms with Crippen molar-refractivity contribution in [2.24, 2.45) is 7.05 Å². The Labute approximate surface area is 162 Å². The van der Waals surface area contributed by atoms with E-state index in [2.05, 4.69) is 31.7 Å². The third-order valence-corrected chi connectivity index (χ3v) is 7.89. The minimum Gasteiger partial charge on any atom is -0.262 e. The summed E-state index contributed by atoms with van der Waals surface area (Å²) in [7, 11) is 1.24. The Morgan fingerprint density at radius 1 is 1.27 bits per heavy atom. The Hall–Kier alpha value is -0.900. The average molecular weight is 425 g/mol. The van der Waals surface area contributed by atoms with Crippen LogP contribution in [0.15, 0.2) is 12.1 Å². The zero-order valence-electron chi connectivity index (χ0n) is 15.4. The molecule has 144 valence electrons. The zero-order valence-corrected chi connectivity index (χ0v) is 17.8. The molecule has 0 saturated carbocycles. The molecule has 1 heterocycles. The Bertz CT molecular complexity index is 882. The van der Waals surface area contributed by atoms with Gasteiger partial charge < -0.3 is 0 Å². The summed E-state index contributed by atoms with van der Waals surface area (Å²) in [4.78, 5) is 0. The molecule has 0 aliphatic carbocycles. The van der Waals surface area contributed by atoms with Crippen molar-refractivity contribution in [3.05, 3.63) is 39.0 Å². The van der Waals surface area contributed by atoms with E-state index in [1.807, 2.05) is 0 Å². The highest BCUT2D eigenvalue weighted by molar-refractivity contribution is 7.72. The molecule has 2 nitrogen and oxygen atoms in total. The molecule has 0 fully saturated rings. The summed E-state index contributed by atoms with van der Waals surface area (Å²) in [5.41, 5.74) is 1.65. The van der Waals surface area contributed by atoms with Crippen molar-refractivity contribution < 1.29 is 13.2 Å². The zero-order chi connectivity index (χ0) is 20.0. The molecule has 0 saturated heterocycles. The Kier molecular flexibility index (Phi) is 5.97. The molecule has 1 unspecified atom stereocenters. The van der Waals surface area contributed by atoms with Crippen LogP contribution in [-0.4, -0.2) is 35.1 Å². The van der Waals surface area contributed by atoms with Crippen LogP contribution < -0.4 is 0 Å². The monoisotopic (exact) mass is 424 g/mol. The molecule has 0 aliphatic heterocycles. The maximum atomic E-state index is 13.2. The minimum absolute atomic E-state index is 0.119. The summed E-state index contributed by atoms with van der Waals surface area (Å²) < 4.78 is 40.4. The maximum Gasteiger partial charge on any atom is 0.434 e. The van der Waals surface area contributed by atoms with Crippen LogP contribution in [0, 0.1) is 6.92 Å². The van der Waals surface area contributed by atoms with Gasteiger partial charge in [-0.15, -0.1) is 13.2 Å². The molecule has 0 aliphatic rings.